The Morgan fingerprint density at radius 2 is 2.00 bits per heavy atom. The Balaban J connectivity index is 2.45. The molecule has 0 heterocycles. The third kappa shape index (κ3) is 3.67. The van der Waals surface area contributed by atoms with Crippen LogP contribution in [-0.2, 0) is 0 Å². The van der Waals surface area contributed by atoms with Crippen LogP contribution in [0.4, 0.5) is 0 Å². The molecule has 0 atom stereocenters. The Hall–Kier alpha value is -2.75. The first-order valence-corrected chi connectivity index (χ1v) is 6.96. The van der Waals surface area contributed by atoms with Gasteiger partial charge in [0.25, 0.3) is 0 Å². The minimum Gasteiger partial charge on any atom is -0.516 e. The van der Waals surface area contributed by atoms with Crippen LogP contribution in [0.5, 0.6) is 5.75 Å². The molecule has 4 nitrogen and oxygen atoms in total. The average Bonchev–Trinajstić information content (AvgIpc) is 2.52. The first kappa shape index (κ1) is 15.6. The molecule has 0 saturated carbocycles. The zero-order valence-electron chi connectivity index (χ0n) is 12.3. The molecule has 0 fully saturated rings. The highest BCUT2D eigenvalue weighted by atomic mass is 16.5. The number of carbonyl (C=O) groups is 1. The van der Waals surface area contributed by atoms with Gasteiger partial charge < -0.3 is 14.9 Å². The number of fused-ring (bicyclic) bond motifs is 1. The summed E-state index contributed by atoms with van der Waals surface area (Å²) >= 11 is 0. The monoisotopic (exact) mass is 298 g/mol. The van der Waals surface area contributed by atoms with E-state index in [0.717, 1.165) is 17.0 Å². The maximum atomic E-state index is 12.4. The molecule has 0 spiro atoms. The predicted octanol–water partition coefficient (Wildman–Crippen LogP) is 4.32. The van der Waals surface area contributed by atoms with Gasteiger partial charge in [0.2, 0.25) is 0 Å². The first-order chi connectivity index (χ1) is 10.6. The summed E-state index contributed by atoms with van der Waals surface area (Å²) in [5.74, 6) is 0.492. The standard InChI is InChI=1S/C18H18O4/c1-13(20)10-12-22-17-9-8-14-5-2-3-6-15(14)18(17)16(21)7-4-11-19/h2-6,8-11,19-20H,7,12H2,1H3/b11-4+,13-10+. The Kier molecular flexibility index (Phi) is 5.20. The molecule has 4 heteroatoms. The summed E-state index contributed by atoms with van der Waals surface area (Å²) in [5.41, 5.74) is 0.486. The van der Waals surface area contributed by atoms with Crippen LogP contribution >= 0.6 is 0 Å². The van der Waals surface area contributed by atoms with Crippen LogP contribution in [0.1, 0.15) is 23.7 Å². The second-order valence-corrected chi connectivity index (χ2v) is 4.83. The molecule has 114 valence electrons. The van der Waals surface area contributed by atoms with Gasteiger partial charge in [-0.05, 0) is 35.9 Å². The maximum Gasteiger partial charge on any atom is 0.171 e. The summed E-state index contributed by atoms with van der Waals surface area (Å²) in [6.07, 6.45) is 3.87. The number of carbonyl (C=O) groups excluding carboxylic acids is 1. The summed E-state index contributed by atoms with van der Waals surface area (Å²) < 4.78 is 5.61. The average molecular weight is 298 g/mol. The highest BCUT2D eigenvalue weighted by molar-refractivity contribution is 6.11. The number of rotatable bonds is 6. The number of aliphatic hydroxyl groups is 2. The van der Waals surface area contributed by atoms with E-state index in [-0.39, 0.29) is 24.6 Å². The lowest BCUT2D eigenvalue weighted by Gasteiger charge is -2.12. The lowest BCUT2D eigenvalue weighted by Crippen LogP contribution is -2.05. The molecule has 0 radical (unpaired) electrons. The summed E-state index contributed by atoms with van der Waals surface area (Å²) in [6.45, 7) is 1.73. The van der Waals surface area contributed by atoms with Gasteiger partial charge in [0, 0.05) is 6.42 Å². The third-order valence-corrected chi connectivity index (χ3v) is 3.20. The van der Waals surface area contributed by atoms with Gasteiger partial charge in [-0.2, -0.15) is 0 Å². The third-order valence-electron chi connectivity index (χ3n) is 3.20. The fraction of sp³-hybridized carbons (Fsp3) is 0.167. The molecular formula is C18H18O4. The van der Waals surface area contributed by atoms with Gasteiger partial charge in [0.15, 0.2) is 5.78 Å². The molecule has 2 aromatic carbocycles. The second-order valence-electron chi connectivity index (χ2n) is 4.83. The van der Waals surface area contributed by atoms with Gasteiger partial charge in [-0.1, -0.05) is 30.3 Å². The largest absolute Gasteiger partial charge is 0.516 e. The molecule has 0 saturated heterocycles. The number of hydrogen-bond donors (Lipinski definition) is 2. The van der Waals surface area contributed by atoms with E-state index in [0.29, 0.717) is 11.3 Å². The van der Waals surface area contributed by atoms with Crippen LogP contribution in [0.2, 0.25) is 0 Å². The minimum absolute atomic E-state index is 0.0930. The Morgan fingerprint density at radius 3 is 2.73 bits per heavy atom. The molecular weight excluding hydrogens is 280 g/mol. The molecule has 0 aliphatic rings. The maximum absolute atomic E-state index is 12.4. The van der Waals surface area contributed by atoms with Crippen molar-refractivity contribution in [3.8, 4) is 5.75 Å². The van der Waals surface area contributed by atoms with Gasteiger partial charge in [0.05, 0.1) is 17.6 Å². The van der Waals surface area contributed by atoms with E-state index in [1.165, 1.54) is 12.2 Å². The quantitative estimate of drug-likeness (QED) is 0.615. The van der Waals surface area contributed by atoms with Crippen LogP contribution in [-0.4, -0.2) is 22.6 Å². The number of hydrogen-bond acceptors (Lipinski definition) is 4. The van der Waals surface area contributed by atoms with Crippen molar-refractivity contribution in [1.29, 1.82) is 0 Å². The van der Waals surface area contributed by atoms with Crippen molar-refractivity contribution in [1.82, 2.24) is 0 Å². The summed E-state index contributed by atoms with van der Waals surface area (Å²) in [5, 5.41) is 19.7. The Bertz CT molecular complexity index is 725. The van der Waals surface area contributed by atoms with Crippen LogP contribution in [0, 0.1) is 0 Å². The van der Waals surface area contributed by atoms with Crippen LogP contribution in [0.15, 0.2) is 60.6 Å². The summed E-state index contributed by atoms with van der Waals surface area (Å²) in [6, 6.07) is 11.2. The molecule has 0 aromatic heterocycles. The minimum atomic E-state index is -0.137. The number of Topliss-reactive ketones (excluding diaryl/α,β-unsaturated/α-hetero) is 1. The SMILES string of the molecule is C/C(O)=C\COc1ccc2ccccc2c1C(=O)C/C=C/O. The number of allylic oxidation sites excluding steroid dienone is 2. The van der Waals surface area contributed by atoms with Gasteiger partial charge in [0.1, 0.15) is 12.4 Å². The van der Waals surface area contributed by atoms with Crippen molar-refractivity contribution in [2.75, 3.05) is 6.61 Å². The van der Waals surface area contributed by atoms with E-state index in [2.05, 4.69) is 0 Å². The van der Waals surface area contributed by atoms with E-state index in [1.54, 1.807) is 13.0 Å². The fourth-order valence-corrected chi connectivity index (χ4v) is 2.17. The smallest absolute Gasteiger partial charge is 0.171 e. The van der Waals surface area contributed by atoms with Crippen molar-refractivity contribution in [3.63, 3.8) is 0 Å². The van der Waals surface area contributed by atoms with Gasteiger partial charge in [-0.15, -0.1) is 0 Å². The molecule has 0 amide bonds. The van der Waals surface area contributed by atoms with Gasteiger partial charge in [-0.25, -0.2) is 0 Å². The number of aliphatic hydroxyl groups excluding tert-OH is 2. The van der Waals surface area contributed by atoms with Crippen molar-refractivity contribution < 1.29 is 19.7 Å². The highest BCUT2D eigenvalue weighted by Crippen LogP contribution is 2.29. The van der Waals surface area contributed by atoms with Crippen molar-refractivity contribution >= 4 is 16.6 Å². The lowest BCUT2D eigenvalue weighted by atomic mass is 9.98. The molecule has 2 aromatic rings. The molecule has 22 heavy (non-hydrogen) atoms. The number of ether oxygens (including phenoxy) is 1. The van der Waals surface area contributed by atoms with E-state index in [9.17, 15) is 9.90 Å². The van der Waals surface area contributed by atoms with Crippen molar-refractivity contribution in [2.24, 2.45) is 0 Å². The van der Waals surface area contributed by atoms with E-state index in [1.807, 2.05) is 30.3 Å². The molecule has 0 unspecified atom stereocenters. The number of ketones is 1. The zero-order chi connectivity index (χ0) is 15.9. The number of benzene rings is 2. The highest BCUT2D eigenvalue weighted by Gasteiger charge is 2.15. The molecule has 0 aliphatic carbocycles. The normalized spacial score (nSPS) is 12.0. The predicted molar refractivity (Wildman–Crippen MR) is 86.5 cm³/mol. The first-order valence-electron chi connectivity index (χ1n) is 6.96. The lowest BCUT2D eigenvalue weighted by molar-refractivity contribution is 0.0993. The Morgan fingerprint density at radius 1 is 1.23 bits per heavy atom. The topological polar surface area (TPSA) is 66.8 Å². The van der Waals surface area contributed by atoms with Crippen molar-refractivity contribution in [2.45, 2.75) is 13.3 Å². The van der Waals surface area contributed by atoms with Crippen LogP contribution in [0.3, 0.4) is 0 Å². The second kappa shape index (κ2) is 7.31. The molecule has 2 N–H and O–H groups in total. The van der Waals surface area contributed by atoms with Gasteiger partial charge in [-0.3, -0.25) is 4.79 Å². The summed E-state index contributed by atoms with van der Waals surface area (Å²) in [4.78, 5) is 12.4. The zero-order valence-corrected chi connectivity index (χ0v) is 12.3. The van der Waals surface area contributed by atoms with Crippen LogP contribution < -0.4 is 4.74 Å². The molecule has 2 rings (SSSR count). The van der Waals surface area contributed by atoms with E-state index in [4.69, 9.17) is 9.84 Å². The summed E-state index contributed by atoms with van der Waals surface area (Å²) in [7, 11) is 0. The van der Waals surface area contributed by atoms with E-state index < -0.39 is 0 Å². The fourth-order valence-electron chi connectivity index (χ4n) is 2.17. The Labute approximate surface area is 129 Å². The van der Waals surface area contributed by atoms with E-state index >= 15 is 0 Å². The van der Waals surface area contributed by atoms with Crippen LogP contribution in [0.25, 0.3) is 10.8 Å². The van der Waals surface area contributed by atoms with Gasteiger partial charge >= 0.3 is 0 Å². The van der Waals surface area contributed by atoms with Crippen molar-refractivity contribution in [3.05, 3.63) is 66.1 Å². The molecule has 0 aliphatic heterocycles. The molecule has 0 bridgehead atoms.